The van der Waals surface area contributed by atoms with Crippen molar-refractivity contribution in [2.45, 2.75) is 31.2 Å². The second kappa shape index (κ2) is 5.18. The molecule has 2 atom stereocenters. The SMILES string of the molecule is CC(C)C1C(=O)N2C(C(=O)O)=C(Sc3ccncc3)CC12. The lowest BCUT2D eigenvalue weighted by Gasteiger charge is -2.45. The minimum atomic E-state index is -1.02. The normalized spacial score (nSPS) is 24.3. The maximum atomic E-state index is 12.2. The molecule has 0 bridgehead atoms. The summed E-state index contributed by atoms with van der Waals surface area (Å²) in [4.78, 5) is 30.9. The molecular formula is C15H16N2O3S. The van der Waals surface area contributed by atoms with E-state index >= 15 is 0 Å². The third kappa shape index (κ3) is 2.23. The molecule has 0 spiro atoms. The number of hydrogen-bond donors (Lipinski definition) is 1. The molecule has 1 aromatic rings. The van der Waals surface area contributed by atoms with Gasteiger partial charge in [-0.1, -0.05) is 25.6 Å². The quantitative estimate of drug-likeness (QED) is 0.865. The molecule has 5 nitrogen and oxygen atoms in total. The Bertz CT molecular complexity index is 627. The van der Waals surface area contributed by atoms with Crippen molar-refractivity contribution in [2.24, 2.45) is 11.8 Å². The number of fused-ring (bicyclic) bond motifs is 1. The van der Waals surface area contributed by atoms with Gasteiger partial charge in [0.1, 0.15) is 5.70 Å². The van der Waals surface area contributed by atoms with Gasteiger partial charge in [0.05, 0.1) is 12.0 Å². The number of carbonyl (C=O) groups is 2. The summed E-state index contributed by atoms with van der Waals surface area (Å²) in [7, 11) is 0. The Kier molecular flexibility index (Phi) is 3.49. The van der Waals surface area contributed by atoms with Crippen LogP contribution in [-0.4, -0.2) is 32.9 Å². The van der Waals surface area contributed by atoms with Crippen LogP contribution in [0.3, 0.4) is 0 Å². The fraction of sp³-hybridized carbons (Fsp3) is 0.400. The molecule has 1 aromatic heterocycles. The molecule has 3 rings (SSSR count). The van der Waals surface area contributed by atoms with Crippen LogP contribution < -0.4 is 0 Å². The highest BCUT2D eigenvalue weighted by atomic mass is 32.2. The van der Waals surface area contributed by atoms with E-state index in [0.717, 1.165) is 9.80 Å². The lowest BCUT2D eigenvalue weighted by molar-refractivity contribution is -0.157. The zero-order chi connectivity index (χ0) is 15.1. The molecule has 0 saturated carbocycles. The van der Waals surface area contributed by atoms with Crippen LogP contribution in [0.2, 0.25) is 0 Å². The zero-order valence-corrected chi connectivity index (χ0v) is 12.6. The number of aliphatic carboxylic acids is 1. The molecule has 2 aliphatic heterocycles. The van der Waals surface area contributed by atoms with E-state index in [1.54, 1.807) is 12.4 Å². The van der Waals surface area contributed by atoms with E-state index in [9.17, 15) is 14.7 Å². The van der Waals surface area contributed by atoms with Crippen molar-refractivity contribution >= 4 is 23.6 Å². The van der Waals surface area contributed by atoms with E-state index in [4.69, 9.17) is 0 Å². The Morgan fingerprint density at radius 3 is 2.67 bits per heavy atom. The Balaban J connectivity index is 1.89. The monoisotopic (exact) mass is 304 g/mol. The van der Waals surface area contributed by atoms with Crippen molar-refractivity contribution in [1.29, 1.82) is 0 Å². The fourth-order valence-electron chi connectivity index (χ4n) is 3.07. The Labute approximate surface area is 127 Å². The maximum absolute atomic E-state index is 12.2. The molecule has 1 saturated heterocycles. The van der Waals surface area contributed by atoms with Crippen molar-refractivity contribution < 1.29 is 14.7 Å². The molecule has 0 radical (unpaired) electrons. The standard InChI is InChI=1S/C15H16N2O3S/c1-8(2)12-10-7-11(21-9-3-5-16-6-4-9)13(15(19)20)17(10)14(12)18/h3-6,8,10,12H,7H2,1-2H3,(H,19,20). The number of nitrogens with zero attached hydrogens (tertiary/aromatic N) is 2. The number of aromatic nitrogens is 1. The van der Waals surface area contributed by atoms with E-state index in [1.807, 2.05) is 26.0 Å². The Hall–Kier alpha value is -1.82. The summed E-state index contributed by atoms with van der Waals surface area (Å²) in [5, 5.41) is 9.45. The number of rotatable bonds is 4. The average molecular weight is 304 g/mol. The van der Waals surface area contributed by atoms with Gasteiger partial charge in [-0.15, -0.1) is 0 Å². The van der Waals surface area contributed by atoms with Gasteiger partial charge in [-0.2, -0.15) is 0 Å². The lowest BCUT2D eigenvalue weighted by atomic mass is 9.79. The topological polar surface area (TPSA) is 70.5 Å². The molecule has 2 aliphatic rings. The number of carboxylic acid groups (broad SMARTS) is 1. The first-order valence-electron chi connectivity index (χ1n) is 6.88. The number of β-lactam (4-membered cyclic amide) rings is 1. The van der Waals surface area contributed by atoms with Gasteiger partial charge in [-0.05, 0) is 18.1 Å². The van der Waals surface area contributed by atoms with Crippen LogP contribution in [0, 0.1) is 11.8 Å². The van der Waals surface area contributed by atoms with Gasteiger partial charge in [0.25, 0.3) is 0 Å². The third-order valence-corrected chi connectivity index (χ3v) is 5.09. The van der Waals surface area contributed by atoms with Gasteiger partial charge in [0.2, 0.25) is 5.91 Å². The van der Waals surface area contributed by atoms with Crippen LogP contribution >= 0.6 is 11.8 Å². The number of thioether (sulfide) groups is 1. The molecule has 1 amide bonds. The highest BCUT2D eigenvalue weighted by Crippen LogP contribution is 2.49. The first kappa shape index (κ1) is 14.1. The van der Waals surface area contributed by atoms with Crippen molar-refractivity contribution in [3.05, 3.63) is 35.1 Å². The summed E-state index contributed by atoms with van der Waals surface area (Å²) in [5.41, 5.74) is 0.156. The molecule has 110 valence electrons. The second-order valence-electron chi connectivity index (χ2n) is 5.61. The predicted molar refractivity (Wildman–Crippen MR) is 78.3 cm³/mol. The average Bonchev–Trinajstić information content (AvgIpc) is 2.74. The largest absolute Gasteiger partial charge is 0.477 e. The van der Waals surface area contributed by atoms with E-state index in [-0.39, 0.29) is 29.5 Å². The number of pyridine rings is 1. The van der Waals surface area contributed by atoms with E-state index in [0.29, 0.717) is 6.42 Å². The molecular weight excluding hydrogens is 288 g/mol. The first-order valence-corrected chi connectivity index (χ1v) is 7.69. The fourth-order valence-corrected chi connectivity index (χ4v) is 4.15. The van der Waals surface area contributed by atoms with E-state index in [1.165, 1.54) is 16.7 Å². The van der Waals surface area contributed by atoms with Crippen molar-refractivity contribution in [3.63, 3.8) is 0 Å². The Morgan fingerprint density at radius 2 is 2.10 bits per heavy atom. The predicted octanol–water partition coefficient (Wildman–Crippen LogP) is 2.36. The number of amides is 1. The minimum Gasteiger partial charge on any atom is -0.477 e. The summed E-state index contributed by atoms with van der Waals surface area (Å²) in [6, 6.07) is 3.69. The highest BCUT2D eigenvalue weighted by molar-refractivity contribution is 8.03. The minimum absolute atomic E-state index is 0.00735. The van der Waals surface area contributed by atoms with Crippen molar-refractivity contribution in [1.82, 2.24) is 9.88 Å². The summed E-state index contributed by atoms with van der Waals surface area (Å²) in [6.07, 6.45) is 3.98. The number of hydrogen-bond acceptors (Lipinski definition) is 4. The molecule has 3 heterocycles. The third-order valence-electron chi connectivity index (χ3n) is 3.98. The summed E-state index contributed by atoms with van der Waals surface area (Å²) in [5.74, 6) is -0.906. The highest BCUT2D eigenvalue weighted by Gasteiger charge is 2.55. The Morgan fingerprint density at radius 1 is 1.43 bits per heavy atom. The molecule has 1 N–H and O–H groups in total. The van der Waals surface area contributed by atoms with Crippen LogP contribution in [0.5, 0.6) is 0 Å². The molecule has 0 aliphatic carbocycles. The molecule has 6 heteroatoms. The molecule has 1 fully saturated rings. The summed E-state index contributed by atoms with van der Waals surface area (Å²) < 4.78 is 0. The lowest BCUT2D eigenvalue weighted by Crippen LogP contribution is -2.60. The van der Waals surface area contributed by atoms with Gasteiger partial charge in [-0.25, -0.2) is 4.79 Å². The maximum Gasteiger partial charge on any atom is 0.353 e. The van der Waals surface area contributed by atoms with Crippen LogP contribution in [0.1, 0.15) is 20.3 Å². The summed E-state index contributed by atoms with van der Waals surface area (Å²) >= 11 is 1.42. The smallest absolute Gasteiger partial charge is 0.353 e. The molecule has 2 unspecified atom stereocenters. The van der Waals surface area contributed by atoms with Crippen molar-refractivity contribution in [3.8, 4) is 0 Å². The van der Waals surface area contributed by atoms with Crippen LogP contribution in [0.4, 0.5) is 0 Å². The number of carbonyl (C=O) groups excluding carboxylic acids is 1. The summed E-state index contributed by atoms with van der Waals surface area (Å²) in [6.45, 7) is 4.02. The molecule has 21 heavy (non-hydrogen) atoms. The van der Waals surface area contributed by atoms with Crippen molar-refractivity contribution in [2.75, 3.05) is 0 Å². The van der Waals surface area contributed by atoms with Gasteiger partial charge >= 0.3 is 5.97 Å². The van der Waals surface area contributed by atoms with Gasteiger partial charge in [0, 0.05) is 28.6 Å². The number of carboxylic acids is 1. The van der Waals surface area contributed by atoms with E-state index in [2.05, 4.69) is 4.98 Å². The van der Waals surface area contributed by atoms with Crippen LogP contribution in [0.25, 0.3) is 0 Å². The zero-order valence-electron chi connectivity index (χ0n) is 11.8. The van der Waals surface area contributed by atoms with E-state index < -0.39 is 5.97 Å². The van der Waals surface area contributed by atoms with Gasteiger partial charge in [0.15, 0.2) is 0 Å². The second-order valence-corrected chi connectivity index (χ2v) is 6.78. The van der Waals surface area contributed by atoms with Gasteiger partial charge in [-0.3, -0.25) is 9.78 Å². The first-order chi connectivity index (χ1) is 10.0. The van der Waals surface area contributed by atoms with Gasteiger partial charge < -0.3 is 10.0 Å². The van der Waals surface area contributed by atoms with Crippen LogP contribution in [0.15, 0.2) is 40.0 Å². The molecule has 0 aromatic carbocycles. The van der Waals surface area contributed by atoms with Crippen LogP contribution in [-0.2, 0) is 9.59 Å².